The first-order chi connectivity index (χ1) is 5.68. The topological polar surface area (TPSA) is 17.3 Å². The molecule has 0 unspecified atom stereocenters. The van der Waals surface area contributed by atoms with Crippen molar-refractivity contribution in [2.24, 2.45) is 0 Å². The normalized spacial score (nSPS) is 10.9. The average Bonchev–Trinajstić information content (AvgIpc) is 2.33. The minimum atomic E-state index is 0.714. The van der Waals surface area contributed by atoms with Crippen molar-refractivity contribution in [3.63, 3.8) is 0 Å². The van der Waals surface area contributed by atoms with Crippen molar-refractivity contribution >= 4 is 55.8 Å². The fourth-order valence-corrected chi connectivity index (χ4v) is 2.48. The first-order valence-electron chi connectivity index (χ1n) is 3.16. The second-order valence-electron chi connectivity index (χ2n) is 2.28. The molecule has 2 aromatic heterocycles. The van der Waals surface area contributed by atoms with Crippen LogP contribution in [0.25, 0.3) is 5.65 Å². The molecule has 0 radical (unpaired) electrons. The molecule has 12 heavy (non-hydrogen) atoms. The maximum atomic E-state index is 5.88. The molecular weight excluding hydrogens is 354 g/mol. The fraction of sp³-hybridized carbons (Fsp3) is 0. The van der Waals surface area contributed by atoms with Gasteiger partial charge in [0.05, 0.1) is 14.8 Å². The van der Waals surface area contributed by atoms with Gasteiger partial charge < -0.3 is 0 Å². The highest BCUT2D eigenvalue weighted by Gasteiger charge is 2.04. The molecule has 0 aromatic carbocycles. The third kappa shape index (κ3) is 1.36. The van der Waals surface area contributed by atoms with Gasteiger partial charge in [0.25, 0.3) is 0 Å². The van der Waals surface area contributed by atoms with Gasteiger partial charge in [0.1, 0.15) is 4.60 Å². The predicted octanol–water partition coefficient (Wildman–Crippen LogP) is 3.35. The maximum Gasteiger partial charge on any atom is 0.151 e. The van der Waals surface area contributed by atoms with E-state index in [2.05, 4.69) is 43.5 Å². The van der Waals surface area contributed by atoms with Crippen molar-refractivity contribution in [3.8, 4) is 0 Å². The number of rotatable bonds is 0. The van der Waals surface area contributed by atoms with Gasteiger partial charge in [0.15, 0.2) is 5.65 Å². The van der Waals surface area contributed by atoms with Crippen LogP contribution in [-0.2, 0) is 0 Å². The van der Waals surface area contributed by atoms with Gasteiger partial charge in [0, 0.05) is 6.20 Å². The molecule has 2 nitrogen and oxygen atoms in total. The molecule has 2 aromatic rings. The Morgan fingerprint density at radius 1 is 1.58 bits per heavy atom. The number of hydrogen-bond donors (Lipinski definition) is 0. The van der Waals surface area contributed by atoms with E-state index in [1.165, 1.54) is 0 Å². The third-order valence-corrected chi connectivity index (χ3v) is 3.07. The molecule has 0 N–H and O–H groups in total. The van der Waals surface area contributed by atoms with Crippen LogP contribution in [0, 0.1) is 3.57 Å². The second kappa shape index (κ2) is 3.16. The molecule has 2 rings (SSSR count). The molecule has 2 heterocycles. The van der Waals surface area contributed by atoms with Gasteiger partial charge in [-0.15, -0.1) is 0 Å². The smallest absolute Gasteiger partial charge is 0.151 e. The van der Waals surface area contributed by atoms with Crippen molar-refractivity contribution < 1.29 is 0 Å². The van der Waals surface area contributed by atoms with Crippen molar-refractivity contribution in [2.75, 3.05) is 0 Å². The Kier molecular flexibility index (Phi) is 2.31. The summed E-state index contributed by atoms with van der Waals surface area (Å²) in [6, 6.07) is 1.89. The number of nitrogens with zero attached hydrogens (tertiary/aromatic N) is 2. The predicted molar refractivity (Wildman–Crippen MR) is 60.6 cm³/mol. The molecule has 0 aliphatic carbocycles. The van der Waals surface area contributed by atoms with Gasteiger partial charge >= 0.3 is 0 Å². The Labute approximate surface area is 96.2 Å². The van der Waals surface area contributed by atoms with Crippen LogP contribution < -0.4 is 0 Å². The van der Waals surface area contributed by atoms with Crippen LogP contribution in [0.3, 0.4) is 0 Å². The van der Waals surface area contributed by atoms with Crippen molar-refractivity contribution in [2.45, 2.75) is 0 Å². The van der Waals surface area contributed by atoms with E-state index in [-0.39, 0.29) is 0 Å². The van der Waals surface area contributed by atoms with Gasteiger partial charge in [-0.3, -0.25) is 4.40 Å². The van der Waals surface area contributed by atoms with E-state index in [9.17, 15) is 0 Å². The van der Waals surface area contributed by atoms with Crippen LogP contribution in [0.5, 0.6) is 0 Å². The van der Waals surface area contributed by atoms with Gasteiger partial charge in [-0.2, -0.15) is 0 Å². The lowest BCUT2D eigenvalue weighted by Crippen LogP contribution is -1.87. The van der Waals surface area contributed by atoms with E-state index < -0.39 is 0 Å². The fourth-order valence-electron chi connectivity index (χ4n) is 0.986. The highest BCUT2D eigenvalue weighted by Crippen LogP contribution is 2.21. The zero-order valence-electron chi connectivity index (χ0n) is 5.76. The molecule has 0 spiro atoms. The maximum absolute atomic E-state index is 5.88. The zero-order valence-corrected chi connectivity index (χ0v) is 10.3. The standard InChI is InChI=1S/C7H3BrClIN2/c8-6-2-11-7-5(10)1-4(9)3-12(6)7/h1-3H. The summed E-state index contributed by atoms with van der Waals surface area (Å²) in [5.41, 5.74) is 0.923. The minimum Gasteiger partial charge on any atom is -0.292 e. The molecule has 0 saturated carbocycles. The molecule has 5 heteroatoms. The van der Waals surface area contributed by atoms with Gasteiger partial charge in [-0.1, -0.05) is 11.6 Å². The summed E-state index contributed by atoms with van der Waals surface area (Å²) in [6.07, 6.45) is 3.59. The van der Waals surface area contributed by atoms with Gasteiger partial charge in [-0.05, 0) is 44.6 Å². The molecule has 0 amide bonds. The van der Waals surface area contributed by atoms with Crippen LogP contribution in [0.4, 0.5) is 0 Å². The molecule has 0 atom stereocenters. The molecule has 0 saturated heterocycles. The number of hydrogen-bond acceptors (Lipinski definition) is 1. The highest BCUT2D eigenvalue weighted by atomic mass is 127. The van der Waals surface area contributed by atoms with Crippen LogP contribution in [-0.4, -0.2) is 9.38 Å². The quantitative estimate of drug-likeness (QED) is 0.661. The Hall–Kier alpha value is 0.190. The van der Waals surface area contributed by atoms with Crippen LogP contribution in [0.1, 0.15) is 0 Å². The molecular formula is C7H3BrClIN2. The molecule has 0 aliphatic heterocycles. The monoisotopic (exact) mass is 356 g/mol. The largest absolute Gasteiger partial charge is 0.292 e. The molecule has 0 aliphatic rings. The van der Waals surface area contributed by atoms with E-state index in [0.29, 0.717) is 5.02 Å². The second-order valence-corrected chi connectivity index (χ2v) is 4.69. The van der Waals surface area contributed by atoms with E-state index in [4.69, 9.17) is 11.6 Å². The van der Waals surface area contributed by atoms with Crippen molar-refractivity contribution in [1.82, 2.24) is 9.38 Å². The number of pyridine rings is 1. The summed E-state index contributed by atoms with van der Waals surface area (Å²) >= 11 is 11.5. The van der Waals surface area contributed by atoms with Crippen molar-refractivity contribution in [3.05, 3.63) is 31.7 Å². The summed E-state index contributed by atoms with van der Waals surface area (Å²) in [4.78, 5) is 4.21. The molecule has 0 fully saturated rings. The first-order valence-corrected chi connectivity index (χ1v) is 5.41. The summed E-state index contributed by atoms with van der Waals surface area (Å²) in [6.45, 7) is 0. The Bertz CT molecular complexity index is 440. The average molecular weight is 357 g/mol. The number of halogens is 3. The Morgan fingerprint density at radius 2 is 2.33 bits per heavy atom. The van der Waals surface area contributed by atoms with E-state index in [1.54, 1.807) is 6.20 Å². The number of fused-ring (bicyclic) bond motifs is 1. The summed E-state index contributed by atoms with van der Waals surface area (Å²) in [5, 5.41) is 0.714. The highest BCUT2D eigenvalue weighted by molar-refractivity contribution is 14.1. The third-order valence-electron chi connectivity index (χ3n) is 1.48. The number of aromatic nitrogens is 2. The lowest BCUT2D eigenvalue weighted by molar-refractivity contribution is 1.15. The van der Waals surface area contributed by atoms with E-state index >= 15 is 0 Å². The molecule has 62 valence electrons. The molecule has 0 bridgehead atoms. The summed E-state index contributed by atoms with van der Waals surface area (Å²) < 4.78 is 3.87. The summed E-state index contributed by atoms with van der Waals surface area (Å²) in [5.74, 6) is 0. The van der Waals surface area contributed by atoms with E-state index in [0.717, 1.165) is 13.8 Å². The Balaban J connectivity index is 2.92. The Morgan fingerprint density at radius 3 is 3.08 bits per heavy atom. The van der Waals surface area contributed by atoms with Crippen LogP contribution in [0.2, 0.25) is 5.02 Å². The van der Waals surface area contributed by atoms with Crippen molar-refractivity contribution in [1.29, 1.82) is 0 Å². The SMILES string of the molecule is Clc1cc(I)c2ncc(Br)n2c1. The first kappa shape index (κ1) is 8.77. The summed E-state index contributed by atoms with van der Waals surface area (Å²) in [7, 11) is 0. The lowest BCUT2D eigenvalue weighted by atomic mass is 10.5. The zero-order chi connectivity index (χ0) is 8.72. The lowest BCUT2D eigenvalue weighted by Gasteiger charge is -1.98. The van der Waals surface area contributed by atoms with E-state index in [1.807, 2.05) is 16.7 Å². The number of imidazole rings is 1. The van der Waals surface area contributed by atoms with Crippen LogP contribution in [0.15, 0.2) is 23.1 Å². The van der Waals surface area contributed by atoms with Gasteiger partial charge in [-0.25, -0.2) is 4.98 Å². The van der Waals surface area contributed by atoms with Gasteiger partial charge in [0.2, 0.25) is 0 Å². The minimum absolute atomic E-state index is 0.714. The van der Waals surface area contributed by atoms with Crippen LogP contribution >= 0.6 is 50.1 Å².